The van der Waals surface area contributed by atoms with Crippen molar-refractivity contribution in [2.24, 2.45) is 0 Å². The molecule has 2 aromatic rings. The maximum absolute atomic E-state index is 12.7. The third kappa shape index (κ3) is 5.32. The lowest BCUT2D eigenvalue weighted by molar-refractivity contribution is -0.117. The van der Waals surface area contributed by atoms with Gasteiger partial charge in [-0.05, 0) is 48.2 Å². The summed E-state index contributed by atoms with van der Waals surface area (Å²) < 4.78 is 5.75. The molecule has 2 N–H and O–H groups in total. The van der Waals surface area contributed by atoms with Crippen molar-refractivity contribution in [3.8, 4) is 0 Å². The van der Waals surface area contributed by atoms with Crippen LogP contribution in [0, 0.1) is 0 Å². The maximum Gasteiger partial charge on any atom is 0.335 e. The Morgan fingerprint density at radius 2 is 1.90 bits per heavy atom. The van der Waals surface area contributed by atoms with Gasteiger partial charge in [-0.15, -0.1) is 0 Å². The molecule has 1 heterocycles. The third-order valence-electron chi connectivity index (χ3n) is 5.96. The zero-order chi connectivity index (χ0) is 22.4. The van der Waals surface area contributed by atoms with Gasteiger partial charge in [0.05, 0.1) is 17.7 Å². The summed E-state index contributed by atoms with van der Waals surface area (Å²) in [7, 11) is 1.58. The van der Waals surface area contributed by atoms with Crippen LogP contribution in [-0.2, 0) is 9.53 Å². The van der Waals surface area contributed by atoms with Crippen LogP contribution in [0.4, 0.5) is 5.69 Å². The quantitative estimate of drug-likeness (QED) is 0.530. The highest BCUT2D eigenvalue weighted by atomic mass is 16.5. The Morgan fingerprint density at radius 1 is 1.16 bits per heavy atom. The molecule has 31 heavy (non-hydrogen) atoms. The summed E-state index contributed by atoms with van der Waals surface area (Å²) in [5, 5.41) is 19.7. The number of aliphatic hydroxyl groups excluding tert-OH is 1. The lowest BCUT2D eigenvalue weighted by Crippen LogP contribution is -2.38. The first kappa shape index (κ1) is 23.0. The number of anilines is 1. The van der Waals surface area contributed by atoms with E-state index in [1.807, 2.05) is 30.3 Å². The van der Waals surface area contributed by atoms with Gasteiger partial charge in [-0.25, -0.2) is 4.79 Å². The Balaban J connectivity index is 1.82. The van der Waals surface area contributed by atoms with E-state index in [-0.39, 0.29) is 17.5 Å². The summed E-state index contributed by atoms with van der Waals surface area (Å²) in [6.07, 6.45) is 4.00. The molecule has 1 amide bonds. The van der Waals surface area contributed by atoms with Crippen LogP contribution in [0.3, 0.4) is 0 Å². The molecule has 1 aliphatic rings. The minimum absolute atomic E-state index is 0.0117. The fourth-order valence-electron chi connectivity index (χ4n) is 4.30. The first-order chi connectivity index (χ1) is 15.0. The Hall–Kier alpha value is -2.70. The monoisotopic (exact) mass is 425 g/mol. The number of hydrogen-bond acceptors (Lipinski definition) is 4. The topological polar surface area (TPSA) is 87.1 Å². The van der Waals surface area contributed by atoms with Gasteiger partial charge in [0.2, 0.25) is 5.91 Å². The Labute approximate surface area is 183 Å². The van der Waals surface area contributed by atoms with Crippen LogP contribution in [0.1, 0.15) is 79.1 Å². The summed E-state index contributed by atoms with van der Waals surface area (Å²) in [6.45, 7) is 2.13. The molecule has 0 radical (unpaired) electrons. The van der Waals surface area contributed by atoms with Crippen molar-refractivity contribution in [2.45, 2.75) is 63.7 Å². The average molecular weight is 426 g/mol. The number of carboxylic acid groups (broad SMARTS) is 1. The highest BCUT2D eigenvalue weighted by Crippen LogP contribution is 2.36. The number of amides is 1. The lowest BCUT2D eigenvalue weighted by atomic mass is 9.97. The van der Waals surface area contributed by atoms with Crippen molar-refractivity contribution in [3.63, 3.8) is 0 Å². The SMILES string of the molecule is CCCCC[C@H](O)c1ccc(N2C(=O)CCC2C(OC)c2cccc(C(=O)O)c2)cc1. The van der Waals surface area contributed by atoms with Crippen LogP contribution in [0.15, 0.2) is 48.5 Å². The number of benzene rings is 2. The molecule has 1 saturated heterocycles. The molecule has 1 aliphatic heterocycles. The molecule has 0 spiro atoms. The van der Waals surface area contributed by atoms with Crippen molar-refractivity contribution in [3.05, 3.63) is 65.2 Å². The molecule has 166 valence electrons. The Kier molecular flexibility index (Phi) is 7.82. The minimum atomic E-state index is -0.996. The molecule has 3 rings (SSSR count). The number of nitrogens with zero attached hydrogens (tertiary/aromatic N) is 1. The summed E-state index contributed by atoms with van der Waals surface area (Å²) in [4.78, 5) is 25.8. The number of carbonyl (C=O) groups excluding carboxylic acids is 1. The largest absolute Gasteiger partial charge is 0.478 e. The molecule has 0 saturated carbocycles. The van der Waals surface area contributed by atoms with E-state index in [4.69, 9.17) is 4.74 Å². The Morgan fingerprint density at radius 3 is 2.55 bits per heavy atom. The van der Waals surface area contributed by atoms with Crippen LogP contribution in [0.25, 0.3) is 0 Å². The van der Waals surface area contributed by atoms with Crippen LogP contribution < -0.4 is 4.90 Å². The van der Waals surface area contributed by atoms with Gasteiger partial charge in [0.15, 0.2) is 0 Å². The number of carboxylic acids is 1. The smallest absolute Gasteiger partial charge is 0.335 e. The summed E-state index contributed by atoms with van der Waals surface area (Å²) >= 11 is 0. The van der Waals surface area contributed by atoms with Crippen LogP contribution in [-0.4, -0.2) is 35.2 Å². The van der Waals surface area contributed by atoms with Gasteiger partial charge in [0.25, 0.3) is 0 Å². The first-order valence-corrected chi connectivity index (χ1v) is 10.9. The maximum atomic E-state index is 12.7. The first-order valence-electron chi connectivity index (χ1n) is 10.9. The van der Waals surface area contributed by atoms with Crippen LogP contribution in [0.2, 0.25) is 0 Å². The van der Waals surface area contributed by atoms with Crippen LogP contribution >= 0.6 is 0 Å². The van der Waals surface area contributed by atoms with Gasteiger partial charge in [-0.3, -0.25) is 4.79 Å². The number of aromatic carboxylic acids is 1. The molecule has 0 aliphatic carbocycles. The zero-order valence-electron chi connectivity index (χ0n) is 18.2. The van der Waals surface area contributed by atoms with Gasteiger partial charge in [-0.2, -0.15) is 0 Å². The fourth-order valence-corrected chi connectivity index (χ4v) is 4.30. The van der Waals surface area contributed by atoms with Gasteiger partial charge < -0.3 is 19.8 Å². The summed E-state index contributed by atoms with van der Waals surface area (Å²) in [5.41, 5.74) is 2.53. The highest BCUT2D eigenvalue weighted by Gasteiger charge is 2.38. The van der Waals surface area contributed by atoms with Gasteiger partial charge >= 0.3 is 5.97 Å². The normalized spacial score (nSPS) is 18.2. The standard InChI is InChI=1S/C25H31NO5/c1-3-4-5-9-22(27)17-10-12-20(13-11-17)26-21(14-15-23(26)28)24(31-2)18-7-6-8-19(16-18)25(29)30/h6-8,10-13,16,21-22,24,27H,3-5,9,14-15H2,1-2H3,(H,29,30)/t21?,22-,24?/m0/s1. The van der Waals surface area contributed by atoms with Crippen LogP contribution in [0.5, 0.6) is 0 Å². The minimum Gasteiger partial charge on any atom is -0.478 e. The number of carbonyl (C=O) groups is 2. The highest BCUT2D eigenvalue weighted by molar-refractivity contribution is 5.96. The van der Waals surface area contributed by atoms with Crippen molar-refractivity contribution in [1.82, 2.24) is 0 Å². The second-order valence-electron chi connectivity index (χ2n) is 8.06. The van der Waals surface area contributed by atoms with E-state index in [1.165, 1.54) is 0 Å². The number of hydrogen-bond donors (Lipinski definition) is 2. The third-order valence-corrected chi connectivity index (χ3v) is 5.96. The number of methoxy groups -OCH3 is 1. The molecule has 0 bridgehead atoms. The van der Waals surface area contributed by atoms with Gasteiger partial charge in [0, 0.05) is 19.2 Å². The Bertz CT molecular complexity index is 895. The molecule has 2 unspecified atom stereocenters. The molecule has 0 aromatic heterocycles. The summed E-state index contributed by atoms with van der Waals surface area (Å²) in [6, 6.07) is 13.9. The van der Waals surface area contributed by atoms with E-state index in [0.717, 1.165) is 42.5 Å². The summed E-state index contributed by atoms with van der Waals surface area (Å²) in [5.74, 6) is -0.984. The molecule has 3 atom stereocenters. The van der Waals surface area contributed by atoms with Crippen molar-refractivity contribution in [1.29, 1.82) is 0 Å². The van der Waals surface area contributed by atoms with Gasteiger partial charge in [0.1, 0.15) is 6.10 Å². The van der Waals surface area contributed by atoms with E-state index in [1.54, 1.807) is 30.2 Å². The molecular formula is C25H31NO5. The van der Waals surface area contributed by atoms with E-state index >= 15 is 0 Å². The molecule has 1 fully saturated rings. The van der Waals surface area contributed by atoms with E-state index < -0.39 is 18.2 Å². The molecular weight excluding hydrogens is 394 g/mol. The number of rotatable bonds is 10. The van der Waals surface area contributed by atoms with E-state index in [9.17, 15) is 19.8 Å². The molecule has 2 aromatic carbocycles. The zero-order valence-corrected chi connectivity index (χ0v) is 18.2. The number of ether oxygens (including phenoxy) is 1. The number of unbranched alkanes of at least 4 members (excludes halogenated alkanes) is 2. The van der Waals surface area contributed by atoms with E-state index in [2.05, 4.69) is 6.92 Å². The second kappa shape index (κ2) is 10.6. The molecule has 6 heteroatoms. The van der Waals surface area contributed by atoms with E-state index in [0.29, 0.717) is 12.8 Å². The second-order valence-corrected chi connectivity index (χ2v) is 8.06. The predicted molar refractivity (Wildman–Crippen MR) is 119 cm³/mol. The van der Waals surface area contributed by atoms with Gasteiger partial charge in [-0.1, -0.05) is 50.5 Å². The lowest BCUT2D eigenvalue weighted by Gasteiger charge is -2.31. The number of aliphatic hydroxyl groups is 1. The van der Waals surface area contributed by atoms with Crippen molar-refractivity contribution < 1.29 is 24.5 Å². The van der Waals surface area contributed by atoms with Crippen molar-refractivity contribution in [2.75, 3.05) is 12.0 Å². The average Bonchev–Trinajstić information content (AvgIpc) is 3.15. The predicted octanol–water partition coefficient (Wildman–Crippen LogP) is 4.88. The molecule has 6 nitrogen and oxygen atoms in total. The fraction of sp³-hybridized carbons (Fsp3) is 0.440. The van der Waals surface area contributed by atoms with Crippen molar-refractivity contribution >= 4 is 17.6 Å².